The van der Waals surface area contributed by atoms with E-state index in [1.54, 1.807) is 0 Å². The lowest BCUT2D eigenvalue weighted by Gasteiger charge is -2.11. The van der Waals surface area contributed by atoms with Crippen LogP contribution in [0.3, 0.4) is 0 Å². The largest absolute Gasteiger partial charge is 0.324 e. The minimum absolute atomic E-state index is 0.160. The molecule has 1 heterocycles. The maximum Gasteiger partial charge on any atom is 0.246 e. The van der Waals surface area contributed by atoms with Gasteiger partial charge in [-0.3, -0.25) is 4.79 Å². The molecule has 0 saturated carbocycles. The van der Waals surface area contributed by atoms with Crippen LogP contribution < -0.4 is 15.4 Å². The smallest absolute Gasteiger partial charge is 0.246 e. The fraction of sp³-hybridized carbons (Fsp3) is 0.364. The fourth-order valence-electron chi connectivity index (χ4n) is 1.89. The summed E-state index contributed by atoms with van der Waals surface area (Å²) in [5.74, 6) is -0.698. The van der Waals surface area contributed by atoms with E-state index in [2.05, 4.69) is 15.4 Å². The summed E-state index contributed by atoms with van der Waals surface area (Å²) in [7, 11) is -3.25. The molecule has 0 spiro atoms. The molecule has 104 valence electrons. The average Bonchev–Trinajstić information content (AvgIpc) is 2.59. The van der Waals surface area contributed by atoms with Crippen molar-refractivity contribution in [1.29, 1.82) is 0 Å². The van der Waals surface area contributed by atoms with Crippen LogP contribution in [0.2, 0.25) is 0 Å². The average molecular weight is 287 g/mol. The Hall–Kier alpha value is -1.51. The monoisotopic (exact) mass is 287 g/mol. The minimum atomic E-state index is -3.25. The number of sulfonamides is 1. The highest BCUT2D eigenvalue weighted by Gasteiger charge is 2.30. The molecule has 0 bridgehead atoms. The zero-order valence-electron chi connectivity index (χ0n) is 10.2. The van der Waals surface area contributed by atoms with E-state index in [9.17, 15) is 17.6 Å². The van der Waals surface area contributed by atoms with Crippen molar-refractivity contribution in [3.05, 3.63) is 29.6 Å². The minimum Gasteiger partial charge on any atom is -0.324 e. The molecule has 0 saturated heterocycles. The van der Waals surface area contributed by atoms with Crippen LogP contribution >= 0.6 is 0 Å². The zero-order chi connectivity index (χ0) is 14.0. The molecular formula is C11H14FN3O3S. The van der Waals surface area contributed by atoms with Gasteiger partial charge in [0.15, 0.2) is 0 Å². The number of fused-ring (bicyclic) bond motifs is 1. The lowest BCUT2D eigenvalue weighted by atomic mass is 10.1. The van der Waals surface area contributed by atoms with Crippen molar-refractivity contribution in [2.75, 3.05) is 24.7 Å². The number of benzene rings is 1. The normalized spacial score (nSPS) is 18.2. The van der Waals surface area contributed by atoms with E-state index in [1.165, 1.54) is 18.2 Å². The summed E-state index contributed by atoms with van der Waals surface area (Å²) in [6, 6.07) is 3.40. The van der Waals surface area contributed by atoms with Crippen molar-refractivity contribution in [2.24, 2.45) is 0 Å². The number of rotatable bonds is 5. The van der Waals surface area contributed by atoms with Gasteiger partial charge < -0.3 is 10.6 Å². The first-order chi connectivity index (χ1) is 8.87. The van der Waals surface area contributed by atoms with Gasteiger partial charge >= 0.3 is 0 Å². The van der Waals surface area contributed by atoms with Crippen LogP contribution in [0, 0.1) is 5.82 Å². The first kappa shape index (κ1) is 13.9. The number of hydrogen-bond acceptors (Lipinski definition) is 4. The van der Waals surface area contributed by atoms with E-state index in [0.717, 1.165) is 6.26 Å². The Morgan fingerprint density at radius 2 is 2.11 bits per heavy atom. The summed E-state index contributed by atoms with van der Waals surface area (Å²) in [4.78, 5) is 11.7. The Morgan fingerprint density at radius 3 is 2.79 bits per heavy atom. The molecule has 2 rings (SSSR count). The van der Waals surface area contributed by atoms with E-state index >= 15 is 0 Å². The third-order valence-corrected chi connectivity index (χ3v) is 3.41. The van der Waals surface area contributed by atoms with Crippen LogP contribution in [0.1, 0.15) is 11.6 Å². The number of anilines is 1. The molecule has 19 heavy (non-hydrogen) atoms. The van der Waals surface area contributed by atoms with Crippen LogP contribution in [-0.4, -0.2) is 33.7 Å². The van der Waals surface area contributed by atoms with Crippen LogP contribution in [0.4, 0.5) is 10.1 Å². The third kappa shape index (κ3) is 3.49. The molecule has 1 amide bonds. The highest BCUT2D eigenvalue weighted by atomic mass is 32.2. The topological polar surface area (TPSA) is 87.3 Å². The van der Waals surface area contributed by atoms with Crippen LogP contribution in [0.15, 0.2) is 18.2 Å². The predicted molar refractivity (Wildman–Crippen MR) is 68.6 cm³/mol. The zero-order valence-corrected chi connectivity index (χ0v) is 11.1. The molecule has 1 aliphatic heterocycles. The summed E-state index contributed by atoms with van der Waals surface area (Å²) in [6.07, 6.45) is 1.06. The molecular weight excluding hydrogens is 273 g/mol. The molecule has 0 aromatic heterocycles. The number of halogens is 1. The maximum atomic E-state index is 13.1. The Kier molecular flexibility index (Phi) is 3.83. The van der Waals surface area contributed by atoms with Crippen molar-refractivity contribution in [2.45, 2.75) is 6.04 Å². The highest BCUT2D eigenvalue weighted by Crippen LogP contribution is 2.30. The number of amides is 1. The molecule has 0 aliphatic carbocycles. The van der Waals surface area contributed by atoms with Crippen LogP contribution in [-0.2, 0) is 14.8 Å². The number of carbonyl (C=O) groups is 1. The first-order valence-corrected chi connectivity index (χ1v) is 7.54. The summed E-state index contributed by atoms with van der Waals surface area (Å²) >= 11 is 0. The van der Waals surface area contributed by atoms with Gasteiger partial charge in [0, 0.05) is 24.3 Å². The second kappa shape index (κ2) is 5.24. The molecule has 1 aliphatic rings. The molecule has 6 nitrogen and oxygen atoms in total. The Balaban J connectivity index is 1.98. The van der Waals surface area contributed by atoms with Crippen molar-refractivity contribution in [1.82, 2.24) is 10.0 Å². The summed E-state index contributed by atoms with van der Waals surface area (Å²) in [5, 5.41) is 5.51. The van der Waals surface area contributed by atoms with Crippen molar-refractivity contribution in [3.63, 3.8) is 0 Å². The van der Waals surface area contributed by atoms with Crippen LogP contribution in [0.5, 0.6) is 0 Å². The van der Waals surface area contributed by atoms with Gasteiger partial charge in [0.25, 0.3) is 0 Å². The second-order valence-corrected chi connectivity index (χ2v) is 6.11. The van der Waals surface area contributed by atoms with Crippen molar-refractivity contribution in [3.8, 4) is 0 Å². The van der Waals surface area contributed by atoms with Gasteiger partial charge in [-0.05, 0) is 18.2 Å². The van der Waals surface area contributed by atoms with Gasteiger partial charge in [0.1, 0.15) is 11.9 Å². The van der Waals surface area contributed by atoms with Gasteiger partial charge in [0.05, 0.1) is 6.26 Å². The Morgan fingerprint density at radius 1 is 1.37 bits per heavy atom. The maximum absolute atomic E-state index is 13.1. The molecule has 1 aromatic carbocycles. The van der Waals surface area contributed by atoms with Gasteiger partial charge in [0.2, 0.25) is 15.9 Å². The molecule has 8 heteroatoms. The lowest BCUT2D eigenvalue weighted by molar-refractivity contribution is -0.117. The van der Waals surface area contributed by atoms with Crippen molar-refractivity contribution >= 4 is 21.6 Å². The van der Waals surface area contributed by atoms with Crippen LogP contribution in [0.25, 0.3) is 0 Å². The fourth-order valence-corrected chi connectivity index (χ4v) is 2.36. The van der Waals surface area contributed by atoms with E-state index < -0.39 is 21.9 Å². The standard InChI is InChI=1S/C11H14FN3O3S/c1-19(17,18)14-5-4-13-10-8-6-7(12)2-3-9(8)15-11(10)16/h2-3,6,10,13-14H,4-5H2,1H3,(H,15,16). The van der Waals surface area contributed by atoms with Gasteiger partial charge in [-0.15, -0.1) is 0 Å². The van der Waals surface area contributed by atoms with E-state index in [1.807, 2.05) is 0 Å². The molecule has 1 unspecified atom stereocenters. The number of nitrogens with one attached hydrogen (secondary N) is 3. The Labute approximate surface area is 110 Å². The summed E-state index contributed by atoms with van der Waals surface area (Å²) in [6.45, 7) is 0.425. The van der Waals surface area contributed by atoms with E-state index in [-0.39, 0.29) is 19.0 Å². The molecule has 0 fully saturated rings. The second-order valence-electron chi connectivity index (χ2n) is 4.27. The number of hydrogen-bond donors (Lipinski definition) is 3. The van der Waals surface area contributed by atoms with E-state index in [0.29, 0.717) is 11.3 Å². The molecule has 0 radical (unpaired) electrons. The van der Waals surface area contributed by atoms with Gasteiger partial charge in [-0.2, -0.15) is 0 Å². The molecule has 3 N–H and O–H groups in total. The van der Waals surface area contributed by atoms with Gasteiger partial charge in [-0.1, -0.05) is 0 Å². The first-order valence-electron chi connectivity index (χ1n) is 5.65. The number of carbonyl (C=O) groups excluding carboxylic acids is 1. The third-order valence-electron chi connectivity index (χ3n) is 2.68. The van der Waals surface area contributed by atoms with Crippen molar-refractivity contribution < 1.29 is 17.6 Å². The highest BCUT2D eigenvalue weighted by molar-refractivity contribution is 7.88. The van der Waals surface area contributed by atoms with Gasteiger partial charge in [-0.25, -0.2) is 17.5 Å². The quantitative estimate of drug-likeness (QED) is 0.663. The SMILES string of the molecule is CS(=O)(=O)NCCNC1C(=O)Nc2ccc(F)cc21. The summed E-state index contributed by atoms with van der Waals surface area (Å²) in [5.41, 5.74) is 1.10. The molecule has 1 atom stereocenters. The Bertz CT molecular complexity index is 603. The lowest BCUT2D eigenvalue weighted by Crippen LogP contribution is -2.35. The predicted octanol–water partition coefficient (Wildman–Crippen LogP) is -0.0423. The molecule has 1 aromatic rings. The summed E-state index contributed by atoms with van der Waals surface area (Å²) < 4.78 is 37.2. The van der Waals surface area contributed by atoms with E-state index in [4.69, 9.17) is 0 Å².